The molecule has 21 heavy (non-hydrogen) atoms. The maximum atomic E-state index is 11.7. The minimum Gasteiger partial charge on any atom is -0.408 e. The third kappa shape index (κ3) is 2.51. The number of fused-ring (bicyclic) bond motifs is 1. The Labute approximate surface area is 122 Å². The van der Waals surface area contributed by atoms with Gasteiger partial charge in [-0.1, -0.05) is 6.07 Å². The first-order valence-corrected chi connectivity index (χ1v) is 8.70. The largest absolute Gasteiger partial charge is 0.419 e. The fourth-order valence-corrected chi connectivity index (χ4v) is 4.95. The van der Waals surface area contributed by atoms with Crippen molar-refractivity contribution in [2.24, 2.45) is 13.0 Å². The molecule has 0 radical (unpaired) electrons. The van der Waals surface area contributed by atoms with Gasteiger partial charge in [-0.25, -0.2) is 13.2 Å². The molecule has 0 amide bonds. The molecule has 1 N–H and O–H groups in total. The minimum atomic E-state index is -2.92. The molecule has 2 heterocycles. The molecule has 1 aromatic carbocycles. The number of aromatic nitrogens is 1. The SMILES string of the molecule is CNC(c1ccc2c(c1)oc(=O)n2C)C1CCS(=O)(=O)C1. The fraction of sp³-hybridized carbons (Fsp3) is 0.500. The van der Waals surface area contributed by atoms with Crippen LogP contribution in [-0.4, -0.2) is 31.5 Å². The van der Waals surface area contributed by atoms with Gasteiger partial charge >= 0.3 is 5.76 Å². The summed E-state index contributed by atoms with van der Waals surface area (Å²) in [6.07, 6.45) is 0.657. The number of aryl methyl sites for hydroxylation is 1. The lowest BCUT2D eigenvalue weighted by Gasteiger charge is -2.22. The lowest BCUT2D eigenvalue weighted by molar-refractivity contribution is 0.418. The summed E-state index contributed by atoms with van der Waals surface area (Å²) in [5, 5.41) is 3.19. The highest BCUT2D eigenvalue weighted by Gasteiger charge is 2.34. The zero-order valence-corrected chi connectivity index (χ0v) is 12.8. The van der Waals surface area contributed by atoms with Crippen molar-refractivity contribution in [1.82, 2.24) is 9.88 Å². The lowest BCUT2D eigenvalue weighted by atomic mass is 9.92. The van der Waals surface area contributed by atoms with Crippen LogP contribution in [0.2, 0.25) is 0 Å². The Bertz CT molecular complexity index is 834. The van der Waals surface area contributed by atoms with Crippen LogP contribution in [0.1, 0.15) is 18.0 Å². The van der Waals surface area contributed by atoms with E-state index in [9.17, 15) is 13.2 Å². The van der Waals surface area contributed by atoms with Crippen molar-refractivity contribution < 1.29 is 12.8 Å². The third-order valence-corrected chi connectivity index (χ3v) is 6.02. The summed E-state index contributed by atoms with van der Waals surface area (Å²) >= 11 is 0. The van der Waals surface area contributed by atoms with Crippen molar-refractivity contribution in [1.29, 1.82) is 0 Å². The molecule has 114 valence electrons. The van der Waals surface area contributed by atoms with Crippen molar-refractivity contribution in [3.63, 3.8) is 0 Å². The molecule has 2 unspecified atom stereocenters. The van der Waals surface area contributed by atoms with Crippen molar-refractivity contribution in [2.75, 3.05) is 18.6 Å². The van der Waals surface area contributed by atoms with Crippen LogP contribution in [0.15, 0.2) is 27.4 Å². The van der Waals surface area contributed by atoms with E-state index in [4.69, 9.17) is 4.42 Å². The molecule has 2 aromatic rings. The van der Waals surface area contributed by atoms with Gasteiger partial charge in [-0.2, -0.15) is 0 Å². The first kappa shape index (κ1) is 14.3. The van der Waals surface area contributed by atoms with Gasteiger partial charge in [0.15, 0.2) is 15.4 Å². The molecule has 0 aliphatic carbocycles. The van der Waals surface area contributed by atoms with Gasteiger partial charge in [-0.3, -0.25) is 4.57 Å². The smallest absolute Gasteiger partial charge is 0.408 e. The van der Waals surface area contributed by atoms with Gasteiger partial charge < -0.3 is 9.73 Å². The first-order valence-electron chi connectivity index (χ1n) is 6.88. The van der Waals surface area contributed by atoms with E-state index in [2.05, 4.69) is 5.32 Å². The molecule has 1 aliphatic rings. The summed E-state index contributed by atoms with van der Waals surface area (Å²) in [7, 11) is 0.559. The van der Waals surface area contributed by atoms with Crippen molar-refractivity contribution in [3.05, 3.63) is 34.3 Å². The number of hydrogen-bond donors (Lipinski definition) is 1. The number of nitrogens with zero attached hydrogens (tertiary/aromatic N) is 1. The molecule has 1 fully saturated rings. The maximum Gasteiger partial charge on any atom is 0.419 e. The second-order valence-electron chi connectivity index (χ2n) is 5.58. The summed E-state index contributed by atoms with van der Waals surface area (Å²) in [6.45, 7) is 0. The molecule has 0 bridgehead atoms. The predicted molar refractivity (Wildman–Crippen MR) is 80.0 cm³/mol. The molecule has 6 nitrogen and oxygen atoms in total. The molecule has 7 heteroatoms. The topological polar surface area (TPSA) is 81.3 Å². The van der Waals surface area contributed by atoms with Crippen LogP contribution in [0.4, 0.5) is 0 Å². The van der Waals surface area contributed by atoms with Gasteiger partial charge in [0.2, 0.25) is 0 Å². The highest BCUT2D eigenvalue weighted by atomic mass is 32.2. The standard InChI is InChI=1S/C14H18N2O4S/c1-15-13(10-5-6-21(18,19)8-10)9-3-4-11-12(7-9)20-14(17)16(11)2/h3-4,7,10,13,15H,5-6,8H2,1-2H3. The normalized spacial score (nSPS) is 22.7. The second-order valence-corrected chi connectivity index (χ2v) is 7.81. The van der Waals surface area contributed by atoms with E-state index in [0.29, 0.717) is 12.0 Å². The number of nitrogens with one attached hydrogen (secondary N) is 1. The number of oxazole rings is 1. The van der Waals surface area contributed by atoms with Crippen LogP contribution in [0.25, 0.3) is 11.1 Å². The number of sulfone groups is 1. The average molecular weight is 310 g/mol. The third-order valence-electron chi connectivity index (χ3n) is 4.23. The van der Waals surface area contributed by atoms with Gasteiger partial charge in [-0.05, 0) is 37.1 Å². The molecule has 1 aromatic heterocycles. The quantitative estimate of drug-likeness (QED) is 0.908. The lowest BCUT2D eigenvalue weighted by Crippen LogP contribution is -2.26. The zero-order chi connectivity index (χ0) is 15.2. The summed E-state index contributed by atoms with van der Waals surface area (Å²) < 4.78 is 30.0. The number of hydrogen-bond acceptors (Lipinski definition) is 5. The highest BCUT2D eigenvalue weighted by Crippen LogP contribution is 2.32. The van der Waals surface area contributed by atoms with Crippen molar-refractivity contribution in [2.45, 2.75) is 12.5 Å². The Morgan fingerprint density at radius 1 is 1.43 bits per heavy atom. The van der Waals surface area contributed by atoms with Gasteiger partial charge in [0.1, 0.15) is 0 Å². The van der Waals surface area contributed by atoms with Gasteiger partial charge in [0, 0.05) is 13.1 Å². The summed E-state index contributed by atoms with van der Waals surface area (Å²) in [4.78, 5) is 11.5. The Morgan fingerprint density at radius 2 is 2.19 bits per heavy atom. The van der Waals surface area contributed by atoms with E-state index in [-0.39, 0.29) is 23.5 Å². The molecule has 1 saturated heterocycles. The molecular weight excluding hydrogens is 292 g/mol. The van der Waals surface area contributed by atoms with Crippen LogP contribution in [0.3, 0.4) is 0 Å². The summed E-state index contributed by atoms with van der Waals surface area (Å²) in [5.74, 6) is 0.104. The molecule has 1 aliphatic heterocycles. The Balaban J connectivity index is 1.99. The number of benzene rings is 1. The predicted octanol–water partition coefficient (Wildman–Crippen LogP) is 0.827. The van der Waals surface area contributed by atoms with E-state index in [1.165, 1.54) is 4.57 Å². The van der Waals surface area contributed by atoms with Gasteiger partial charge in [0.25, 0.3) is 0 Å². The van der Waals surface area contributed by atoms with E-state index < -0.39 is 15.6 Å². The van der Waals surface area contributed by atoms with E-state index in [1.807, 2.05) is 25.2 Å². The number of rotatable bonds is 3. The monoisotopic (exact) mass is 310 g/mol. The Hall–Kier alpha value is -1.60. The summed E-state index contributed by atoms with van der Waals surface area (Å²) in [6, 6.07) is 5.52. The average Bonchev–Trinajstić information content (AvgIpc) is 2.92. The van der Waals surface area contributed by atoms with Crippen molar-refractivity contribution >= 4 is 20.9 Å². The van der Waals surface area contributed by atoms with E-state index in [0.717, 1.165) is 11.1 Å². The fourth-order valence-electron chi connectivity index (χ4n) is 3.11. The van der Waals surface area contributed by atoms with E-state index in [1.54, 1.807) is 7.05 Å². The van der Waals surface area contributed by atoms with Gasteiger partial charge in [0.05, 0.1) is 17.0 Å². The van der Waals surface area contributed by atoms with Gasteiger partial charge in [-0.15, -0.1) is 0 Å². The van der Waals surface area contributed by atoms with Crippen molar-refractivity contribution in [3.8, 4) is 0 Å². The van der Waals surface area contributed by atoms with Crippen LogP contribution < -0.4 is 11.1 Å². The Morgan fingerprint density at radius 3 is 2.81 bits per heavy atom. The zero-order valence-electron chi connectivity index (χ0n) is 12.0. The molecule has 0 saturated carbocycles. The van der Waals surface area contributed by atoms with Crippen LogP contribution in [-0.2, 0) is 16.9 Å². The maximum absolute atomic E-state index is 11.7. The summed E-state index contributed by atoms with van der Waals surface area (Å²) in [5.41, 5.74) is 2.21. The molecule has 2 atom stereocenters. The van der Waals surface area contributed by atoms with Crippen LogP contribution in [0.5, 0.6) is 0 Å². The Kier molecular flexibility index (Phi) is 3.41. The highest BCUT2D eigenvalue weighted by molar-refractivity contribution is 7.91. The van der Waals surface area contributed by atoms with Crippen LogP contribution >= 0.6 is 0 Å². The molecular formula is C14H18N2O4S. The molecule has 0 spiro atoms. The minimum absolute atomic E-state index is 0.0490. The van der Waals surface area contributed by atoms with Crippen LogP contribution in [0, 0.1) is 5.92 Å². The molecule has 3 rings (SSSR count). The van der Waals surface area contributed by atoms with E-state index >= 15 is 0 Å². The second kappa shape index (κ2) is 4.99. The first-order chi connectivity index (χ1) is 9.91.